The van der Waals surface area contributed by atoms with Crippen molar-refractivity contribution in [3.05, 3.63) is 12.2 Å². The minimum atomic E-state index is 0.605. The van der Waals surface area contributed by atoms with Crippen LogP contribution in [0.2, 0.25) is 0 Å². The van der Waals surface area contributed by atoms with Crippen molar-refractivity contribution in [3.8, 4) is 0 Å². The van der Waals surface area contributed by atoms with Gasteiger partial charge >= 0.3 is 0 Å². The number of hydrogen-bond acceptors (Lipinski definition) is 2. The van der Waals surface area contributed by atoms with E-state index in [1.54, 1.807) is 0 Å². The summed E-state index contributed by atoms with van der Waals surface area (Å²) in [7, 11) is 0. The number of ether oxygens (including phenoxy) is 1. The Kier molecular flexibility index (Phi) is 3.09. The predicted octanol–water partition coefficient (Wildman–Crippen LogP) is 1.28. The van der Waals surface area contributed by atoms with E-state index in [-0.39, 0.29) is 0 Å². The molecule has 64 valence electrons. The van der Waals surface area contributed by atoms with Gasteiger partial charge < -0.3 is 4.74 Å². The Morgan fingerprint density at radius 3 is 2.91 bits per heavy atom. The first kappa shape index (κ1) is 8.75. The second-order valence-electron chi connectivity index (χ2n) is 3.37. The minimum Gasteiger partial charge on any atom is -0.376 e. The first-order valence-corrected chi connectivity index (χ1v) is 4.18. The SMILES string of the molecule is C=C1COCCN(C(C)C)C1. The Labute approximate surface area is 68.8 Å². The van der Waals surface area contributed by atoms with Gasteiger partial charge in [0.2, 0.25) is 0 Å². The molecule has 0 bridgehead atoms. The van der Waals surface area contributed by atoms with Crippen molar-refractivity contribution >= 4 is 0 Å². The minimum absolute atomic E-state index is 0.605. The number of rotatable bonds is 1. The molecular formula is C9H17NO. The lowest BCUT2D eigenvalue weighted by atomic mass is 10.2. The molecule has 0 aliphatic carbocycles. The molecule has 1 rings (SSSR count). The van der Waals surface area contributed by atoms with Crippen LogP contribution in [0, 0.1) is 0 Å². The molecular weight excluding hydrogens is 138 g/mol. The summed E-state index contributed by atoms with van der Waals surface area (Å²) >= 11 is 0. The highest BCUT2D eigenvalue weighted by atomic mass is 16.5. The standard InChI is InChI=1S/C9H17NO/c1-8(2)10-4-5-11-7-9(3)6-10/h8H,3-7H2,1-2H3. The second kappa shape index (κ2) is 3.88. The van der Waals surface area contributed by atoms with Crippen molar-refractivity contribution in [3.63, 3.8) is 0 Å². The van der Waals surface area contributed by atoms with E-state index in [2.05, 4.69) is 25.3 Å². The fourth-order valence-corrected chi connectivity index (χ4v) is 1.25. The molecule has 0 aromatic rings. The van der Waals surface area contributed by atoms with Crippen molar-refractivity contribution in [1.82, 2.24) is 4.90 Å². The molecule has 0 atom stereocenters. The topological polar surface area (TPSA) is 12.5 Å². The third-order valence-corrected chi connectivity index (χ3v) is 1.99. The van der Waals surface area contributed by atoms with Crippen LogP contribution in [0.15, 0.2) is 12.2 Å². The van der Waals surface area contributed by atoms with Crippen molar-refractivity contribution in [1.29, 1.82) is 0 Å². The highest BCUT2D eigenvalue weighted by molar-refractivity contribution is 4.99. The van der Waals surface area contributed by atoms with Crippen LogP contribution in [0.4, 0.5) is 0 Å². The zero-order valence-corrected chi connectivity index (χ0v) is 7.47. The average molecular weight is 155 g/mol. The predicted molar refractivity (Wildman–Crippen MR) is 46.7 cm³/mol. The van der Waals surface area contributed by atoms with Crippen molar-refractivity contribution in [2.75, 3.05) is 26.3 Å². The summed E-state index contributed by atoms with van der Waals surface area (Å²) in [5, 5.41) is 0. The summed E-state index contributed by atoms with van der Waals surface area (Å²) in [6.45, 7) is 12.0. The monoisotopic (exact) mass is 155 g/mol. The molecule has 0 unspecified atom stereocenters. The van der Waals surface area contributed by atoms with Gasteiger partial charge in [-0.25, -0.2) is 0 Å². The third kappa shape index (κ3) is 2.64. The molecule has 0 amide bonds. The van der Waals surface area contributed by atoms with Crippen LogP contribution in [0.5, 0.6) is 0 Å². The van der Waals surface area contributed by atoms with E-state index in [1.807, 2.05) is 0 Å². The largest absolute Gasteiger partial charge is 0.376 e. The van der Waals surface area contributed by atoms with Gasteiger partial charge in [0.25, 0.3) is 0 Å². The van der Waals surface area contributed by atoms with Crippen molar-refractivity contribution < 1.29 is 4.74 Å². The Bertz CT molecular complexity index is 142. The van der Waals surface area contributed by atoms with Crippen LogP contribution in [0.3, 0.4) is 0 Å². The average Bonchev–Trinajstić information content (AvgIpc) is 2.13. The number of nitrogens with zero attached hydrogens (tertiary/aromatic N) is 1. The van der Waals surface area contributed by atoms with Gasteiger partial charge in [-0.05, 0) is 19.4 Å². The Morgan fingerprint density at radius 1 is 1.55 bits per heavy atom. The van der Waals surface area contributed by atoms with Gasteiger partial charge in [0.05, 0.1) is 13.2 Å². The summed E-state index contributed by atoms with van der Waals surface area (Å²) in [6, 6.07) is 0.605. The third-order valence-electron chi connectivity index (χ3n) is 1.99. The Hall–Kier alpha value is -0.340. The van der Waals surface area contributed by atoms with Crippen LogP contribution in [0.25, 0.3) is 0 Å². The number of hydrogen-bond donors (Lipinski definition) is 0. The highest BCUT2D eigenvalue weighted by Gasteiger charge is 2.13. The molecule has 0 saturated carbocycles. The Morgan fingerprint density at radius 2 is 2.27 bits per heavy atom. The van der Waals surface area contributed by atoms with E-state index in [0.717, 1.165) is 26.3 Å². The molecule has 0 aromatic carbocycles. The molecule has 1 fully saturated rings. The van der Waals surface area contributed by atoms with Crippen molar-refractivity contribution in [2.24, 2.45) is 0 Å². The van der Waals surface area contributed by atoms with Crippen LogP contribution in [-0.2, 0) is 4.74 Å². The maximum absolute atomic E-state index is 5.35. The summed E-state index contributed by atoms with van der Waals surface area (Å²) in [4.78, 5) is 2.38. The maximum Gasteiger partial charge on any atom is 0.0687 e. The lowest BCUT2D eigenvalue weighted by Crippen LogP contribution is -2.33. The lowest BCUT2D eigenvalue weighted by Gasteiger charge is -2.23. The first-order valence-electron chi connectivity index (χ1n) is 4.18. The molecule has 0 spiro atoms. The van der Waals surface area contributed by atoms with Gasteiger partial charge in [0, 0.05) is 19.1 Å². The molecule has 2 heteroatoms. The molecule has 0 radical (unpaired) electrons. The Balaban J connectivity index is 2.45. The molecule has 0 N–H and O–H groups in total. The summed E-state index contributed by atoms with van der Waals surface area (Å²) in [5.74, 6) is 0. The van der Waals surface area contributed by atoms with Gasteiger partial charge in [-0.1, -0.05) is 6.58 Å². The van der Waals surface area contributed by atoms with E-state index < -0.39 is 0 Å². The van der Waals surface area contributed by atoms with E-state index in [9.17, 15) is 0 Å². The fraction of sp³-hybridized carbons (Fsp3) is 0.778. The molecule has 2 nitrogen and oxygen atoms in total. The zero-order valence-electron chi connectivity index (χ0n) is 7.47. The van der Waals surface area contributed by atoms with Gasteiger partial charge in [-0.2, -0.15) is 0 Å². The maximum atomic E-state index is 5.35. The molecule has 11 heavy (non-hydrogen) atoms. The van der Waals surface area contributed by atoms with E-state index >= 15 is 0 Å². The smallest absolute Gasteiger partial charge is 0.0687 e. The van der Waals surface area contributed by atoms with Gasteiger partial charge in [0.15, 0.2) is 0 Å². The van der Waals surface area contributed by atoms with Gasteiger partial charge in [-0.3, -0.25) is 4.90 Å². The van der Waals surface area contributed by atoms with Crippen LogP contribution in [-0.4, -0.2) is 37.2 Å². The molecule has 1 aliphatic heterocycles. The lowest BCUT2D eigenvalue weighted by molar-refractivity contribution is 0.141. The van der Waals surface area contributed by atoms with Gasteiger partial charge in [-0.15, -0.1) is 0 Å². The zero-order chi connectivity index (χ0) is 8.27. The molecule has 1 aliphatic rings. The quantitative estimate of drug-likeness (QED) is 0.529. The first-order chi connectivity index (χ1) is 5.20. The molecule has 1 saturated heterocycles. The molecule has 1 heterocycles. The summed E-state index contributed by atoms with van der Waals surface area (Å²) in [5.41, 5.74) is 1.19. The normalized spacial score (nSPS) is 22.3. The van der Waals surface area contributed by atoms with Crippen LogP contribution >= 0.6 is 0 Å². The summed E-state index contributed by atoms with van der Waals surface area (Å²) in [6.07, 6.45) is 0. The van der Waals surface area contributed by atoms with Crippen molar-refractivity contribution in [2.45, 2.75) is 19.9 Å². The van der Waals surface area contributed by atoms with E-state index in [4.69, 9.17) is 4.74 Å². The second-order valence-corrected chi connectivity index (χ2v) is 3.37. The highest BCUT2D eigenvalue weighted by Crippen LogP contribution is 2.06. The van der Waals surface area contributed by atoms with E-state index in [1.165, 1.54) is 5.57 Å². The summed E-state index contributed by atoms with van der Waals surface area (Å²) < 4.78 is 5.35. The van der Waals surface area contributed by atoms with E-state index in [0.29, 0.717) is 6.04 Å². The molecule has 0 aromatic heterocycles. The van der Waals surface area contributed by atoms with Crippen LogP contribution < -0.4 is 0 Å². The van der Waals surface area contributed by atoms with Gasteiger partial charge in [0.1, 0.15) is 0 Å². The fourth-order valence-electron chi connectivity index (χ4n) is 1.25. The van der Waals surface area contributed by atoms with Crippen LogP contribution in [0.1, 0.15) is 13.8 Å².